The number of fused-ring (bicyclic) bond motifs is 1. The van der Waals surface area contributed by atoms with E-state index in [0.29, 0.717) is 16.3 Å². The molecule has 0 aliphatic heterocycles. The number of rotatable bonds is 6. The van der Waals surface area contributed by atoms with Crippen LogP contribution in [0, 0.1) is 13.8 Å². The van der Waals surface area contributed by atoms with Crippen LogP contribution in [0.3, 0.4) is 0 Å². The lowest BCUT2D eigenvalue weighted by molar-refractivity contribution is -0.143. The van der Waals surface area contributed by atoms with Gasteiger partial charge in [0.15, 0.2) is 17.2 Å². The second-order valence-corrected chi connectivity index (χ2v) is 8.16. The molecule has 0 unspecified atom stereocenters. The van der Waals surface area contributed by atoms with Gasteiger partial charge >= 0.3 is 11.7 Å². The third-order valence-electron chi connectivity index (χ3n) is 5.43. The van der Waals surface area contributed by atoms with Crippen molar-refractivity contribution in [1.82, 2.24) is 19.1 Å². The molecule has 0 atom stereocenters. The van der Waals surface area contributed by atoms with E-state index < -0.39 is 24.1 Å². The first-order chi connectivity index (χ1) is 16.2. The number of hydrogen-bond acceptors (Lipinski definition) is 6. The summed E-state index contributed by atoms with van der Waals surface area (Å²) in [4.78, 5) is 47.3. The Morgan fingerprint density at radius 2 is 1.85 bits per heavy atom. The minimum atomic E-state index is -0.870. The Balaban J connectivity index is 2.11. The van der Waals surface area contributed by atoms with Crippen molar-refractivity contribution < 1.29 is 14.3 Å². The molecule has 2 N–H and O–H groups in total. The molecule has 0 aliphatic rings. The van der Waals surface area contributed by atoms with E-state index in [-0.39, 0.29) is 29.3 Å². The Hall–Kier alpha value is -3.98. The summed E-state index contributed by atoms with van der Waals surface area (Å²) in [7, 11) is 0. The van der Waals surface area contributed by atoms with Crippen molar-refractivity contribution in [3.8, 4) is 17.1 Å². The number of esters is 1. The second-order valence-electron chi connectivity index (χ2n) is 7.72. The van der Waals surface area contributed by atoms with E-state index in [2.05, 4.69) is 9.97 Å². The highest BCUT2D eigenvalue weighted by Crippen LogP contribution is 2.26. The number of aryl methyl sites for hydroxylation is 2. The van der Waals surface area contributed by atoms with Crippen LogP contribution in [0.15, 0.2) is 47.3 Å². The summed E-state index contributed by atoms with van der Waals surface area (Å²) in [6.07, 6.45) is 0. The molecule has 2 aromatic heterocycles. The van der Waals surface area contributed by atoms with Crippen LogP contribution in [0.25, 0.3) is 28.2 Å². The lowest BCUT2D eigenvalue weighted by Crippen LogP contribution is -2.28. The zero-order chi connectivity index (χ0) is 24.6. The van der Waals surface area contributed by atoms with Gasteiger partial charge in [-0.3, -0.25) is 14.2 Å². The van der Waals surface area contributed by atoms with Crippen LogP contribution in [-0.4, -0.2) is 37.6 Å². The average molecular weight is 480 g/mol. The first kappa shape index (κ1) is 23.2. The molecule has 4 rings (SSSR count). The maximum absolute atomic E-state index is 13.6. The Labute approximate surface area is 199 Å². The Bertz CT molecular complexity index is 1510. The van der Waals surface area contributed by atoms with Crippen molar-refractivity contribution >= 4 is 34.6 Å². The number of halogens is 1. The molecule has 2 heterocycles. The van der Waals surface area contributed by atoms with Crippen molar-refractivity contribution in [2.24, 2.45) is 5.73 Å². The van der Waals surface area contributed by atoms with Gasteiger partial charge in [-0.25, -0.2) is 19.3 Å². The van der Waals surface area contributed by atoms with Gasteiger partial charge in [0.05, 0.1) is 12.3 Å². The molecule has 0 bridgehead atoms. The lowest BCUT2D eigenvalue weighted by Gasteiger charge is -2.09. The fourth-order valence-corrected chi connectivity index (χ4v) is 3.85. The van der Waals surface area contributed by atoms with Crippen molar-refractivity contribution in [2.75, 3.05) is 6.61 Å². The first-order valence-corrected chi connectivity index (χ1v) is 10.9. The zero-order valence-corrected chi connectivity index (χ0v) is 19.6. The molecule has 34 heavy (non-hydrogen) atoms. The van der Waals surface area contributed by atoms with Crippen LogP contribution in [0.2, 0.25) is 5.02 Å². The SMILES string of the molecule is CCOC(=O)Cn1c(=O)n(-c2ccc(C)c(C)c2)c2nc(-c3cccc(Cl)c3)nc(C(N)=O)c21. The third-order valence-corrected chi connectivity index (χ3v) is 5.66. The maximum Gasteiger partial charge on any atom is 0.335 e. The van der Waals surface area contributed by atoms with Crippen LogP contribution in [-0.2, 0) is 16.1 Å². The van der Waals surface area contributed by atoms with Gasteiger partial charge in [-0.15, -0.1) is 0 Å². The summed E-state index contributed by atoms with van der Waals surface area (Å²) >= 11 is 6.13. The van der Waals surface area contributed by atoms with Crippen LogP contribution < -0.4 is 11.4 Å². The summed E-state index contributed by atoms with van der Waals surface area (Å²) < 4.78 is 7.48. The quantitative estimate of drug-likeness (QED) is 0.424. The molecule has 0 fully saturated rings. The maximum atomic E-state index is 13.6. The normalized spacial score (nSPS) is 11.1. The van der Waals surface area contributed by atoms with E-state index >= 15 is 0 Å². The minimum absolute atomic E-state index is 0.0505. The van der Waals surface area contributed by atoms with Crippen molar-refractivity contribution in [1.29, 1.82) is 0 Å². The molecule has 0 spiro atoms. The number of ether oxygens (including phenoxy) is 1. The van der Waals surface area contributed by atoms with Gasteiger partial charge in [0, 0.05) is 10.6 Å². The lowest BCUT2D eigenvalue weighted by atomic mass is 10.1. The number of primary amides is 1. The number of carbonyl (C=O) groups is 2. The number of aromatic nitrogens is 4. The van der Waals surface area contributed by atoms with E-state index in [1.165, 1.54) is 4.57 Å². The van der Waals surface area contributed by atoms with Crippen molar-refractivity contribution in [3.05, 3.63) is 74.8 Å². The second kappa shape index (κ2) is 9.11. The minimum Gasteiger partial charge on any atom is -0.465 e. The average Bonchev–Trinajstić information content (AvgIpc) is 3.06. The highest BCUT2D eigenvalue weighted by Gasteiger charge is 2.26. The Kier molecular flexibility index (Phi) is 6.21. The van der Waals surface area contributed by atoms with E-state index in [1.54, 1.807) is 37.3 Å². The van der Waals surface area contributed by atoms with E-state index in [1.807, 2.05) is 26.0 Å². The molecule has 10 heteroatoms. The molecule has 0 radical (unpaired) electrons. The Morgan fingerprint density at radius 1 is 1.09 bits per heavy atom. The fraction of sp³-hybridized carbons (Fsp3) is 0.208. The number of benzene rings is 2. The number of nitrogens with zero attached hydrogens (tertiary/aromatic N) is 4. The van der Waals surface area contributed by atoms with E-state index in [9.17, 15) is 14.4 Å². The predicted molar refractivity (Wildman–Crippen MR) is 128 cm³/mol. The van der Waals surface area contributed by atoms with Gasteiger partial charge in [-0.05, 0) is 56.2 Å². The van der Waals surface area contributed by atoms with Gasteiger partial charge in [0.25, 0.3) is 5.91 Å². The van der Waals surface area contributed by atoms with Crippen LogP contribution in [0.4, 0.5) is 0 Å². The molecule has 174 valence electrons. The molecular weight excluding hydrogens is 458 g/mol. The number of nitrogens with two attached hydrogens (primary N) is 1. The topological polar surface area (TPSA) is 122 Å². The number of amides is 1. The van der Waals surface area contributed by atoms with Gasteiger partial charge in [0.2, 0.25) is 0 Å². The number of carbonyl (C=O) groups excluding carboxylic acids is 2. The van der Waals surface area contributed by atoms with Crippen LogP contribution >= 0.6 is 11.6 Å². The molecular formula is C24H22ClN5O4. The highest BCUT2D eigenvalue weighted by atomic mass is 35.5. The standard InChI is InChI=1S/C24H22ClN5O4/c1-4-34-18(31)12-29-20-19(21(26)32)27-22(15-6-5-7-16(25)11-15)28-23(20)30(24(29)33)17-9-8-13(2)14(3)10-17/h5-11H,4,12H2,1-3H3,(H2,26,32). The van der Waals surface area contributed by atoms with Gasteiger partial charge in [-0.1, -0.05) is 29.8 Å². The molecule has 1 amide bonds. The first-order valence-electron chi connectivity index (χ1n) is 10.5. The smallest absolute Gasteiger partial charge is 0.335 e. The predicted octanol–water partition coefficient (Wildman–Crippen LogP) is 3.18. The fourth-order valence-electron chi connectivity index (χ4n) is 3.66. The van der Waals surface area contributed by atoms with Crippen LogP contribution in [0.5, 0.6) is 0 Å². The summed E-state index contributed by atoms with van der Waals surface area (Å²) in [6, 6.07) is 12.3. The third kappa shape index (κ3) is 4.17. The molecule has 0 saturated carbocycles. The van der Waals surface area contributed by atoms with E-state index in [0.717, 1.165) is 15.7 Å². The van der Waals surface area contributed by atoms with Gasteiger partial charge in [-0.2, -0.15) is 0 Å². The highest BCUT2D eigenvalue weighted by molar-refractivity contribution is 6.30. The van der Waals surface area contributed by atoms with E-state index in [4.69, 9.17) is 22.1 Å². The number of imidazole rings is 1. The monoisotopic (exact) mass is 479 g/mol. The zero-order valence-electron chi connectivity index (χ0n) is 18.8. The van der Waals surface area contributed by atoms with Crippen LogP contribution in [0.1, 0.15) is 28.5 Å². The summed E-state index contributed by atoms with van der Waals surface area (Å²) in [6.45, 7) is 5.25. The summed E-state index contributed by atoms with van der Waals surface area (Å²) in [5.41, 5.74) is 8.13. The molecule has 4 aromatic rings. The largest absolute Gasteiger partial charge is 0.465 e. The van der Waals surface area contributed by atoms with Crippen molar-refractivity contribution in [2.45, 2.75) is 27.3 Å². The molecule has 9 nitrogen and oxygen atoms in total. The number of hydrogen-bond donors (Lipinski definition) is 1. The molecule has 2 aromatic carbocycles. The molecule has 0 saturated heterocycles. The van der Waals surface area contributed by atoms with Gasteiger partial charge in [0.1, 0.15) is 12.1 Å². The molecule has 0 aliphatic carbocycles. The summed E-state index contributed by atoms with van der Waals surface area (Å²) in [5, 5.41) is 0.452. The summed E-state index contributed by atoms with van der Waals surface area (Å²) in [5.74, 6) is -1.35. The van der Waals surface area contributed by atoms with Crippen molar-refractivity contribution in [3.63, 3.8) is 0 Å². The Morgan fingerprint density at radius 3 is 2.50 bits per heavy atom. The van der Waals surface area contributed by atoms with Gasteiger partial charge < -0.3 is 10.5 Å².